The standard InChI is InChI=1S/C17H17ClN2O3S/c18-13-3-1-12(2-4-13)16-19-14(10-24-16)17(23)20-7-5-11(6-8-20)9-15(21)22/h1-4,10-11H,5-9H2,(H,21,22). The molecule has 0 atom stereocenters. The van der Waals surface area contributed by atoms with E-state index in [0.29, 0.717) is 23.8 Å². The summed E-state index contributed by atoms with van der Waals surface area (Å²) in [6, 6.07) is 7.36. The number of benzene rings is 1. The van der Waals surface area contributed by atoms with E-state index in [2.05, 4.69) is 4.98 Å². The van der Waals surface area contributed by atoms with Crippen LogP contribution >= 0.6 is 22.9 Å². The molecule has 5 nitrogen and oxygen atoms in total. The van der Waals surface area contributed by atoms with Crippen molar-refractivity contribution in [1.82, 2.24) is 9.88 Å². The summed E-state index contributed by atoms with van der Waals surface area (Å²) in [6.07, 6.45) is 1.64. The van der Waals surface area contributed by atoms with Gasteiger partial charge in [-0.15, -0.1) is 11.3 Å². The molecule has 1 saturated heterocycles. The summed E-state index contributed by atoms with van der Waals surface area (Å²) in [5.74, 6) is -0.696. The largest absolute Gasteiger partial charge is 0.481 e. The van der Waals surface area contributed by atoms with Crippen LogP contribution in [0.4, 0.5) is 0 Å². The van der Waals surface area contributed by atoms with Gasteiger partial charge in [-0.3, -0.25) is 9.59 Å². The van der Waals surface area contributed by atoms with E-state index >= 15 is 0 Å². The predicted molar refractivity (Wildman–Crippen MR) is 93.4 cm³/mol. The smallest absolute Gasteiger partial charge is 0.303 e. The van der Waals surface area contributed by atoms with E-state index < -0.39 is 5.97 Å². The number of nitrogens with zero attached hydrogens (tertiary/aromatic N) is 2. The molecule has 0 bridgehead atoms. The van der Waals surface area contributed by atoms with Crippen molar-refractivity contribution in [3.8, 4) is 10.6 Å². The lowest BCUT2D eigenvalue weighted by molar-refractivity contribution is -0.138. The minimum atomic E-state index is -0.771. The topological polar surface area (TPSA) is 70.5 Å². The molecule has 1 fully saturated rings. The molecule has 0 unspecified atom stereocenters. The molecule has 24 heavy (non-hydrogen) atoms. The molecule has 1 amide bonds. The van der Waals surface area contributed by atoms with Crippen LogP contribution < -0.4 is 0 Å². The number of rotatable bonds is 4. The van der Waals surface area contributed by atoms with Gasteiger partial charge in [0.15, 0.2) is 0 Å². The molecule has 1 aliphatic rings. The Morgan fingerprint density at radius 1 is 1.25 bits per heavy atom. The van der Waals surface area contributed by atoms with E-state index in [0.717, 1.165) is 23.4 Å². The van der Waals surface area contributed by atoms with Gasteiger partial charge in [0, 0.05) is 35.5 Å². The highest BCUT2D eigenvalue weighted by Gasteiger charge is 2.26. The van der Waals surface area contributed by atoms with Crippen molar-refractivity contribution in [2.75, 3.05) is 13.1 Å². The number of amides is 1. The molecule has 1 aromatic carbocycles. The lowest BCUT2D eigenvalue weighted by Crippen LogP contribution is -2.39. The van der Waals surface area contributed by atoms with Crippen LogP contribution in [0.25, 0.3) is 10.6 Å². The summed E-state index contributed by atoms with van der Waals surface area (Å²) in [5.41, 5.74) is 1.38. The molecule has 1 aromatic heterocycles. The van der Waals surface area contributed by atoms with Gasteiger partial charge >= 0.3 is 5.97 Å². The minimum absolute atomic E-state index is 0.0831. The fourth-order valence-corrected chi connectivity index (χ4v) is 3.77. The van der Waals surface area contributed by atoms with Crippen molar-refractivity contribution >= 4 is 34.8 Å². The van der Waals surface area contributed by atoms with Crippen LogP contribution in [0.1, 0.15) is 29.8 Å². The second kappa shape index (κ2) is 7.32. The summed E-state index contributed by atoms with van der Waals surface area (Å²) >= 11 is 7.32. The Kier molecular flexibility index (Phi) is 5.16. The maximum absolute atomic E-state index is 12.6. The highest BCUT2D eigenvalue weighted by Crippen LogP contribution is 2.27. The van der Waals surface area contributed by atoms with Crippen LogP contribution in [0.15, 0.2) is 29.6 Å². The van der Waals surface area contributed by atoms with Gasteiger partial charge in [-0.25, -0.2) is 4.98 Å². The molecule has 126 valence electrons. The first-order valence-electron chi connectivity index (χ1n) is 7.75. The number of carbonyl (C=O) groups is 2. The number of carbonyl (C=O) groups excluding carboxylic acids is 1. The molecule has 2 aromatic rings. The SMILES string of the molecule is O=C(O)CC1CCN(C(=O)c2csc(-c3ccc(Cl)cc3)n2)CC1. The molecule has 0 aliphatic carbocycles. The van der Waals surface area contributed by atoms with Gasteiger partial charge in [-0.05, 0) is 30.9 Å². The lowest BCUT2D eigenvalue weighted by atomic mass is 9.93. The summed E-state index contributed by atoms with van der Waals surface area (Å²) in [4.78, 5) is 29.5. The quantitative estimate of drug-likeness (QED) is 0.895. The van der Waals surface area contributed by atoms with Crippen LogP contribution in [-0.2, 0) is 4.79 Å². The van der Waals surface area contributed by atoms with Gasteiger partial charge in [-0.1, -0.05) is 23.7 Å². The van der Waals surface area contributed by atoms with Crippen molar-refractivity contribution in [2.24, 2.45) is 5.92 Å². The Morgan fingerprint density at radius 3 is 2.54 bits per heavy atom. The van der Waals surface area contributed by atoms with Crippen LogP contribution in [-0.4, -0.2) is 40.0 Å². The number of piperidine rings is 1. The van der Waals surface area contributed by atoms with Crippen LogP contribution in [0.3, 0.4) is 0 Å². The third kappa shape index (κ3) is 3.94. The zero-order valence-electron chi connectivity index (χ0n) is 12.9. The number of carboxylic acids is 1. The third-order valence-electron chi connectivity index (χ3n) is 4.18. The normalized spacial score (nSPS) is 15.5. The maximum atomic E-state index is 12.6. The zero-order chi connectivity index (χ0) is 17.1. The maximum Gasteiger partial charge on any atom is 0.303 e. The van der Waals surface area contributed by atoms with E-state index in [1.54, 1.807) is 22.4 Å². The Morgan fingerprint density at radius 2 is 1.92 bits per heavy atom. The molecular formula is C17H17ClN2O3S. The van der Waals surface area contributed by atoms with Gasteiger partial charge < -0.3 is 10.0 Å². The first-order chi connectivity index (χ1) is 11.5. The molecule has 7 heteroatoms. The molecule has 0 saturated carbocycles. The van der Waals surface area contributed by atoms with Gasteiger partial charge in [0.05, 0.1) is 0 Å². The van der Waals surface area contributed by atoms with E-state index in [4.69, 9.17) is 16.7 Å². The number of hydrogen-bond acceptors (Lipinski definition) is 4. The summed E-state index contributed by atoms with van der Waals surface area (Å²) in [7, 11) is 0. The fraction of sp³-hybridized carbons (Fsp3) is 0.353. The summed E-state index contributed by atoms with van der Waals surface area (Å²) in [6.45, 7) is 1.18. The van der Waals surface area contributed by atoms with Crippen LogP contribution in [0, 0.1) is 5.92 Å². The number of likely N-dealkylation sites (tertiary alicyclic amines) is 1. The van der Waals surface area contributed by atoms with E-state index in [9.17, 15) is 9.59 Å². The molecule has 1 aliphatic heterocycles. The highest BCUT2D eigenvalue weighted by atomic mass is 35.5. The number of thiazole rings is 1. The first-order valence-corrected chi connectivity index (χ1v) is 9.01. The van der Waals surface area contributed by atoms with Crippen molar-refractivity contribution in [3.05, 3.63) is 40.4 Å². The van der Waals surface area contributed by atoms with Crippen LogP contribution in [0.2, 0.25) is 5.02 Å². The van der Waals surface area contributed by atoms with Gasteiger partial charge in [0.2, 0.25) is 0 Å². The second-order valence-electron chi connectivity index (χ2n) is 5.88. The number of aliphatic carboxylic acids is 1. The van der Waals surface area contributed by atoms with E-state index in [-0.39, 0.29) is 18.2 Å². The molecule has 0 spiro atoms. The molecule has 2 heterocycles. The zero-order valence-corrected chi connectivity index (χ0v) is 14.5. The first kappa shape index (κ1) is 16.9. The number of halogens is 1. The Bertz CT molecular complexity index is 737. The van der Waals surface area contributed by atoms with Crippen LogP contribution in [0.5, 0.6) is 0 Å². The minimum Gasteiger partial charge on any atom is -0.481 e. The van der Waals surface area contributed by atoms with Crippen molar-refractivity contribution in [3.63, 3.8) is 0 Å². The van der Waals surface area contributed by atoms with Crippen molar-refractivity contribution in [1.29, 1.82) is 0 Å². The van der Waals surface area contributed by atoms with Crippen molar-refractivity contribution < 1.29 is 14.7 Å². The summed E-state index contributed by atoms with van der Waals surface area (Å²) in [5, 5.41) is 12.1. The van der Waals surface area contributed by atoms with Gasteiger partial charge in [0.25, 0.3) is 5.91 Å². The Labute approximate surface area is 148 Å². The monoisotopic (exact) mass is 364 g/mol. The molecular weight excluding hydrogens is 348 g/mol. The Hall–Kier alpha value is -1.92. The number of carboxylic acid groups (broad SMARTS) is 1. The van der Waals surface area contributed by atoms with Crippen molar-refractivity contribution in [2.45, 2.75) is 19.3 Å². The lowest BCUT2D eigenvalue weighted by Gasteiger charge is -2.30. The van der Waals surface area contributed by atoms with Gasteiger partial charge in [-0.2, -0.15) is 0 Å². The number of hydrogen-bond donors (Lipinski definition) is 1. The average Bonchev–Trinajstić information content (AvgIpc) is 3.05. The third-order valence-corrected chi connectivity index (χ3v) is 5.32. The molecule has 1 N–H and O–H groups in total. The number of aromatic nitrogens is 1. The van der Waals surface area contributed by atoms with Gasteiger partial charge in [0.1, 0.15) is 10.7 Å². The van der Waals surface area contributed by atoms with E-state index in [1.807, 2.05) is 12.1 Å². The fourth-order valence-electron chi connectivity index (χ4n) is 2.85. The average molecular weight is 365 g/mol. The Balaban J connectivity index is 1.64. The van der Waals surface area contributed by atoms with E-state index in [1.165, 1.54) is 11.3 Å². The second-order valence-corrected chi connectivity index (χ2v) is 7.17. The molecule has 0 radical (unpaired) electrons. The summed E-state index contributed by atoms with van der Waals surface area (Å²) < 4.78 is 0. The predicted octanol–water partition coefficient (Wildman–Crippen LogP) is 3.79. The highest BCUT2D eigenvalue weighted by molar-refractivity contribution is 7.13. The molecule has 3 rings (SSSR count).